The van der Waals surface area contributed by atoms with E-state index in [1.807, 2.05) is 51.1 Å². The molecule has 0 aliphatic carbocycles. The maximum Gasteiger partial charge on any atom is 0.220 e. The van der Waals surface area contributed by atoms with Gasteiger partial charge in [-0.3, -0.25) is 4.79 Å². The molecule has 0 bridgehead atoms. The van der Waals surface area contributed by atoms with Crippen LogP contribution in [0.4, 0.5) is 5.69 Å². The minimum Gasteiger partial charge on any atom is -0.469 e. The van der Waals surface area contributed by atoms with Crippen molar-refractivity contribution in [3.05, 3.63) is 53.8 Å². The van der Waals surface area contributed by atoms with Gasteiger partial charge in [0.1, 0.15) is 0 Å². The van der Waals surface area contributed by atoms with Crippen molar-refractivity contribution in [3.63, 3.8) is 0 Å². The monoisotopic (exact) mass is 253 g/mol. The van der Waals surface area contributed by atoms with Gasteiger partial charge in [-0.2, -0.15) is 0 Å². The molecular weight excluding hydrogens is 237 g/mol. The van der Waals surface area contributed by atoms with Crippen LogP contribution < -0.4 is 10.6 Å². The van der Waals surface area contributed by atoms with Crippen molar-refractivity contribution in [2.24, 2.45) is 0 Å². The first-order chi connectivity index (χ1) is 9.06. The molecule has 1 aromatic carbocycles. The van der Waals surface area contributed by atoms with Crippen LogP contribution in [0.1, 0.15) is 16.1 Å². The van der Waals surface area contributed by atoms with Crippen LogP contribution in [-0.4, -0.2) is 27.7 Å². The summed E-state index contributed by atoms with van der Waals surface area (Å²) in [5, 5.41) is 0. The number of hydrogen-bond donors (Lipinski definition) is 0. The van der Waals surface area contributed by atoms with Gasteiger partial charge in [-0.05, 0) is 35.9 Å². The normalized spacial score (nSPS) is 10.8. The van der Waals surface area contributed by atoms with Crippen LogP contribution >= 0.6 is 0 Å². The number of ketones is 1. The first kappa shape index (κ1) is 13.2. The van der Waals surface area contributed by atoms with Crippen molar-refractivity contribution in [2.75, 3.05) is 19.0 Å². The molecule has 4 heteroatoms. The van der Waals surface area contributed by atoms with Crippen LogP contribution in [0.5, 0.6) is 0 Å². The van der Waals surface area contributed by atoms with E-state index < -0.39 is 0 Å². The number of benzene rings is 1. The average molecular weight is 253 g/mol. The largest absolute Gasteiger partial charge is 0.469 e. The molecule has 0 saturated carbocycles. The summed E-state index contributed by atoms with van der Waals surface area (Å²) >= 11 is 0. The van der Waals surface area contributed by atoms with Gasteiger partial charge in [0.05, 0.1) is 5.66 Å². The van der Waals surface area contributed by atoms with Crippen molar-refractivity contribution in [1.29, 1.82) is 0 Å². The lowest BCUT2D eigenvalue weighted by molar-refractivity contribution is 0.102. The summed E-state index contributed by atoms with van der Waals surface area (Å²) in [6.45, 7) is 0. The maximum absolute atomic E-state index is 11.8. The predicted molar refractivity (Wildman–Crippen MR) is 81.0 cm³/mol. The molecule has 3 nitrogen and oxygen atoms in total. The van der Waals surface area contributed by atoms with Gasteiger partial charge in [-0.15, -0.1) is 0 Å². The highest BCUT2D eigenvalue weighted by molar-refractivity contribution is 6.30. The molecule has 0 amide bonds. The zero-order chi connectivity index (χ0) is 13.8. The Kier molecular flexibility index (Phi) is 3.90. The highest BCUT2D eigenvalue weighted by Gasteiger charge is 2.05. The fourth-order valence-electron chi connectivity index (χ4n) is 1.70. The first-order valence-corrected chi connectivity index (χ1v) is 6.12. The van der Waals surface area contributed by atoms with Crippen molar-refractivity contribution >= 4 is 31.1 Å². The van der Waals surface area contributed by atoms with Crippen LogP contribution in [0.3, 0.4) is 0 Å². The Hall–Kier alpha value is -2.23. The quantitative estimate of drug-likeness (QED) is 0.470. The number of hydrogen-bond acceptors (Lipinski definition) is 3. The molecule has 0 radical (unpaired) electrons. The van der Waals surface area contributed by atoms with E-state index in [0.29, 0.717) is 5.76 Å². The Bertz CT molecular complexity index is 597. The van der Waals surface area contributed by atoms with Gasteiger partial charge in [0.25, 0.3) is 0 Å². The second kappa shape index (κ2) is 5.61. The molecule has 0 unspecified atom stereocenters. The van der Waals surface area contributed by atoms with Crippen molar-refractivity contribution in [2.45, 2.75) is 0 Å². The molecule has 1 aromatic heterocycles. The van der Waals surface area contributed by atoms with E-state index in [0.717, 1.165) is 16.9 Å². The molecule has 0 fully saturated rings. The van der Waals surface area contributed by atoms with Crippen molar-refractivity contribution in [3.8, 4) is 0 Å². The lowest BCUT2D eigenvalue weighted by Crippen LogP contribution is -2.07. The third-order valence-electron chi connectivity index (χ3n) is 2.82. The van der Waals surface area contributed by atoms with E-state index >= 15 is 0 Å². The summed E-state index contributed by atoms with van der Waals surface area (Å²) in [6.07, 6.45) is 3.32. The van der Waals surface area contributed by atoms with Gasteiger partial charge in [0, 0.05) is 19.8 Å². The van der Waals surface area contributed by atoms with Crippen LogP contribution in [-0.2, 0) is 0 Å². The number of nitrogens with zero attached hydrogens (tertiary/aromatic N) is 1. The summed E-state index contributed by atoms with van der Waals surface area (Å²) in [5.41, 5.74) is 2.86. The van der Waals surface area contributed by atoms with Gasteiger partial charge in [0.2, 0.25) is 5.78 Å². The number of rotatable bonds is 4. The first-order valence-electron chi connectivity index (χ1n) is 6.12. The molecule has 2 aromatic rings. The van der Waals surface area contributed by atoms with Gasteiger partial charge in [0.15, 0.2) is 13.6 Å². The average Bonchev–Trinajstić information content (AvgIpc) is 2.83. The number of carbonyl (C=O) groups excluding carboxylic acids is 1. The van der Waals surface area contributed by atoms with Crippen molar-refractivity contribution < 1.29 is 9.21 Å². The van der Waals surface area contributed by atoms with Gasteiger partial charge in [-0.25, -0.2) is 0 Å². The second-order valence-electron chi connectivity index (χ2n) is 4.59. The Morgan fingerprint density at radius 1 is 1.16 bits per heavy atom. The van der Waals surface area contributed by atoms with E-state index in [1.54, 1.807) is 18.2 Å². The van der Waals surface area contributed by atoms with Crippen molar-refractivity contribution in [1.82, 2.24) is 0 Å². The minimum atomic E-state index is -0.121. The lowest BCUT2D eigenvalue weighted by Gasteiger charge is -2.11. The van der Waals surface area contributed by atoms with Gasteiger partial charge in [-0.1, -0.05) is 18.2 Å². The zero-order valence-electron chi connectivity index (χ0n) is 11.4. The minimum absolute atomic E-state index is 0.121. The Balaban J connectivity index is 2.08. The molecule has 0 spiro atoms. The third-order valence-corrected chi connectivity index (χ3v) is 2.82. The van der Waals surface area contributed by atoms with Gasteiger partial charge < -0.3 is 9.32 Å². The highest BCUT2D eigenvalue weighted by atomic mass is 16.3. The van der Waals surface area contributed by atoms with E-state index in [1.165, 1.54) is 6.08 Å². The van der Waals surface area contributed by atoms with Crippen LogP contribution in [0.15, 0.2) is 46.9 Å². The summed E-state index contributed by atoms with van der Waals surface area (Å²) < 4.78 is 5.28. The standard InChI is InChI=1S/C15H16BNO2/c1-17(2)12-6-3-11(4-7-12)5-8-13(18)14-9-10-15(16)19-14/h3-10H,16H2,1-2H3/b8-5+. The fourth-order valence-corrected chi connectivity index (χ4v) is 1.70. The SMILES string of the molecule is Bc1ccc(C(=O)/C=C/c2ccc(N(C)C)cc2)o1. The number of carbonyl (C=O) groups is 1. The van der Waals surface area contributed by atoms with E-state index in [9.17, 15) is 4.79 Å². The van der Waals surface area contributed by atoms with E-state index in [4.69, 9.17) is 4.42 Å². The summed E-state index contributed by atoms with van der Waals surface area (Å²) in [6, 6.07) is 11.5. The maximum atomic E-state index is 11.8. The second-order valence-corrected chi connectivity index (χ2v) is 4.59. The lowest BCUT2D eigenvalue weighted by atomic mass is 10.1. The molecule has 0 aliphatic heterocycles. The Labute approximate surface area is 113 Å². The molecular formula is C15H16BNO2. The van der Waals surface area contributed by atoms with E-state index in [-0.39, 0.29) is 5.78 Å². The van der Waals surface area contributed by atoms with Crippen LogP contribution in [0, 0.1) is 0 Å². The molecule has 19 heavy (non-hydrogen) atoms. The summed E-state index contributed by atoms with van der Waals surface area (Å²) in [5.74, 6) is 0.253. The molecule has 0 atom stereocenters. The third kappa shape index (κ3) is 3.38. The zero-order valence-corrected chi connectivity index (χ0v) is 11.4. The van der Waals surface area contributed by atoms with Crippen LogP contribution in [0.25, 0.3) is 6.08 Å². The number of furan rings is 1. The highest BCUT2D eigenvalue weighted by Crippen LogP contribution is 2.13. The molecule has 0 N–H and O–H groups in total. The predicted octanol–water partition coefficient (Wildman–Crippen LogP) is 1.50. The Morgan fingerprint density at radius 3 is 2.37 bits per heavy atom. The molecule has 1 heterocycles. The molecule has 0 saturated heterocycles. The Morgan fingerprint density at radius 2 is 1.84 bits per heavy atom. The van der Waals surface area contributed by atoms with Gasteiger partial charge >= 0.3 is 0 Å². The topological polar surface area (TPSA) is 33.5 Å². The van der Waals surface area contributed by atoms with E-state index in [2.05, 4.69) is 0 Å². The summed E-state index contributed by atoms with van der Waals surface area (Å²) in [7, 11) is 5.81. The number of anilines is 1. The smallest absolute Gasteiger partial charge is 0.220 e. The van der Waals surface area contributed by atoms with Crippen LogP contribution in [0.2, 0.25) is 0 Å². The summed E-state index contributed by atoms with van der Waals surface area (Å²) in [4.78, 5) is 13.8. The molecule has 96 valence electrons. The number of allylic oxidation sites excluding steroid dienone is 1. The molecule has 0 aliphatic rings. The molecule has 2 rings (SSSR count). The fraction of sp³-hybridized carbons (Fsp3) is 0.133.